The van der Waals surface area contributed by atoms with Crippen molar-refractivity contribution < 1.29 is 19.1 Å². The summed E-state index contributed by atoms with van der Waals surface area (Å²) in [5.74, 6) is -0.534. The number of carbonyl (C=O) groups excluding carboxylic acids is 3. The molecule has 0 spiro atoms. The first kappa shape index (κ1) is 21.3. The number of methoxy groups -OCH3 is 1. The monoisotopic (exact) mass is 428 g/mol. The minimum absolute atomic E-state index is 0.0734. The summed E-state index contributed by atoms with van der Waals surface area (Å²) in [5.41, 5.74) is 3.93. The van der Waals surface area contributed by atoms with Crippen molar-refractivity contribution in [3.63, 3.8) is 0 Å². The molecule has 0 saturated heterocycles. The summed E-state index contributed by atoms with van der Waals surface area (Å²) in [4.78, 5) is 39.7. The Bertz CT molecular complexity index is 1180. The lowest BCUT2D eigenvalue weighted by Gasteiger charge is -2.19. The number of hydrogen-bond donors (Lipinski definition) is 1. The minimum Gasteiger partial charge on any atom is -0.496 e. The molecule has 0 fully saturated rings. The summed E-state index contributed by atoms with van der Waals surface area (Å²) >= 11 is 0. The Balaban J connectivity index is 1.57. The third-order valence-electron chi connectivity index (χ3n) is 5.73. The molecular weight excluding hydrogens is 404 g/mol. The number of aryl methyl sites for hydroxylation is 1. The highest BCUT2D eigenvalue weighted by Gasteiger charge is 2.35. The summed E-state index contributed by atoms with van der Waals surface area (Å²) in [6.45, 7) is 4.00. The van der Waals surface area contributed by atoms with E-state index >= 15 is 0 Å². The molecule has 6 nitrogen and oxygen atoms in total. The van der Waals surface area contributed by atoms with E-state index in [1.54, 1.807) is 42.5 Å². The van der Waals surface area contributed by atoms with Crippen LogP contribution < -0.4 is 10.1 Å². The van der Waals surface area contributed by atoms with Crippen LogP contribution in [0.3, 0.4) is 0 Å². The van der Waals surface area contributed by atoms with Gasteiger partial charge in [0.25, 0.3) is 17.7 Å². The van der Waals surface area contributed by atoms with E-state index in [9.17, 15) is 14.4 Å². The number of imide groups is 1. The molecule has 162 valence electrons. The van der Waals surface area contributed by atoms with Gasteiger partial charge in [-0.15, -0.1) is 0 Å². The summed E-state index contributed by atoms with van der Waals surface area (Å²) in [6, 6.07) is 19.6. The molecule has 3 aromatic rings. The van der Waals surface area contributed by atoms with Crippen LogP contribution in [0.5, 0.6) is 5.75 Å². The molecule has 0 aliphatic carbocycles. The zero-order chi connectivity index (χ0) is 22.8. The molecule has 3 amide bonds. The highest BCUT2D eigenvalue weighted by atomic mass is 16.5. The zero-order valence-electron chi connectivity index (χ0n) is 18.2. The maximum absolute atomic E-state index is 13.1. The van der Waals surface area contributed by atoms with Crippen molar-refractivity contribution in [2.24, 2.45) is 0 Å². The van der Waals surface area contributed by atoms with Crippen LogP contribution in [0.2, 0.25) is 0 Å². The minimum atomic E-state index is -0.333. The first-order chi connectivity index (χ1) is 15.4. The maximum atomic E-state index is 13.1. The Morgan fingerprint density at radius 3 is 2.22 bits per heavy atom. The van der Waals surface area contributed by atoms with Crippen molar-refractivity contribution in [1.29, 1.82) is 0 Å². The summed E-state index contributed by atoms with van der Waals surface area (Å²) in [7, 11) is 1.50. The van der Waals surface area contributed by atoms with Crippen LogP contribution in [0.15, 0.2) is 66.7 Å². The number of hydrogen-bond acceptors (Lipinski definition) is 4. The Morgan fingerprint density at radius 2 is 1.59 bits per heavy atom. The van der Waals surface area contributed by atoms with Crippen LogP contribution in [0, 0.1) is 6.92 Å². The van der Waals surface area contributed by atoms with Gasteiger partial charge in [0, 0.05) is 0 Å². The van der Waals surface area contributed by atoms with Crippen molar-refractivity contribution in [3.8, 4) is 5.75 Å². The van der Waals surface area contributed by atoms with Crippen LogP contribution in [-0.2, 0) is 6.54 Å². The standard InChI is InChI=1S/C26H24N2O4/c1-16-8-4-5-9-19(16)17(2)27-24(29)22-14-18(12-13-23(22)32-3)15-28-25(30)20-10-6-7-11-21(20)26(28)31/h4-14,17H,15H2,1-3H3,(H,27,29). The van der Waals surface area contributed by atoms with Gasteiger partial charge in [-0.1, -0.05) is 42.5 Å². The van der Waals surface area contributed by atoms with E-state index in [1.807, 2.05) is 38.1 Å². The van der Waals surface area contributed by atoms with Crippen molar-refractivity contribution >= 4 is 17.7 Å². The second kappa shape index (κ2) is 8.67. The molecule has 1 unspecified atom stereocenters. The number of nitrogens with zero attached hydrogens (tertiary/aromatic N) is 1. The van der Waals surface area contributed by atoms with E-state index in [0.717, 1.165) is 11.1 Å². The third-order valence-corrected chi connectivity index (χ3v) is 5.73. The molecule has 6 heteroatoms. The van der Waals surface area contributed by atoms with Crippen molar-refractivity contribution in [2.75, 3.05) is 7.11 Å². The molecule has 0 saturated carbocycles. The van der Waals surface area contributed by atoms with Crippen molar-refractivity contribution in [3.05, 3.63) is 100 Å². The molecule has 1 aliphatic rings. The van der Waals surface area contributed by atoms with Crippen LogP contribution in [0.1, 0.15) is 60.7 Å². The first-order valence-electron chi connectivity index (χ1n) is 10.4. The average Bonchev–Trinajstić information content (AvgIpc) is 3.04. The fourth-order valence-corrected chi connectivity index (χ4v) is 4.02. The number of ether oxygens (including phenoxy) is 1. The van der Waals surface area contributed by atoms with Crippen molar-refractivity contribution in [1.82, 2.24) is 10.2 Å². The van der Waals surface area contributed by atoms with Gasteiger partial charge in [0.1, 0.15) is 5.75 Å². The zero-order valence-corrected chi connectivity index (χ0v) is 18.2. The Labute approximate surface area is 186 Å². The summed E-state index contributed by atoms with van der Waals surface area (Å²) in [6.07, 6.45) is 0. The van der Waals surface area contributed by atoms with E-state index in [1.165, 1.54) is 12.0 Å². The van der Waals surface area contributed by atoms with Crippen LogP contribution in [0.25, 0.3) is 0 Å². The van der Waals surface area contributed by atoms with E-state index < -0.39 is 0 Å². The predicted octanol–water partition coefficient (Wildman–Crippen LogP) is 4.29. The largest absolute Gasteiger partial charge is 0.496 e. The van der Waals surface area contributed by atoms with Gasteiger partial charge in [-0.2, -0.15) is 0 Å². The number of carbonyl (C=O) groups is 3. The molecule has 1 aliphatic heterocycles. The quantitative estimate of drug-likeness (QED) is 0.595. The Kier molecular flexibility index (Phi) is 5.77. The lowest BCUT2D eigenvalue weighted by atomic mass is 10.0. The molecule has 1 heterocycles. The molecular formula is C26H24N2O4. The van der Waals surface area contributed by atoms with E-state index in [2.05, 4.69) is 5.32 Å². The molecule has 1 atom stereocenters. The maximum Gasteiger partial charge on any atom is 0.261 e. The normalized spacial score (nSPS) is 13.7. The average molecular weight is 428 g/mol. The van der Waals surface area contributed by atoms with Crippen LogP contribution in [-0.4, -0.2) is 29.7 Å². The van der Waals surface area contributed by atoms with Crippen molar-refractivity contribution in [2.45, 2.75) is 26.4 Å². The highest BCUT2D eigenvalue weighted by Crippen LogP contribution is 2.27. The number of amides is 3. The molecule has 0 radical (unpaired) electrons. The number of nitrogens with one attached hydrogen (secondary N) is 1. The van der Waals surface area contributed by atoms with E-state index in [-0.39, 0.29) is 30.3 Å². The first-order valence-corrected chi connectivity index (χ1v) is 10.4. The number of benzene rings is 3. The summed E-state index contributed by atoms with van der Waals surface area (Å²) < 4.78 is 5.39. The van der Waals surface area contributed by atoms with Gasteiger partial charge in [0.15, 0.2) is 0 Å². The third kappa shape index (κ3) is 3.87. The molecule has 0 aromatic heterocycles. The Morgan fingerprint density at radius 1 is 0.969 bits per heavy atom. The second-order valence-electron chi connectivity index (χ2n) is 7.83. The van der Waals surface area contributed by atoms with Gasteiger partial charge < -0.3 is 10.1 Å². The lowest BCUT2D eigenvalue weighted by Crippen LogP contribution is -2.30. The van der Waals surface area contributed by atoms with Gasteiger partial charge in [-0.05, 0) is 54.8 Å². The summed E-state index contributed by atoms with van der Waals surface area (Å²) in [5, 5.41) is 3.01. The number of rotatable bonds is 6. The highest BCUT2D eigenvalue weighted by molar-refractivity contribution is 6.21. The van der Waals surface area contributed by atoms with Gasteiger partial charge in [0.05, 0.1) is 36.4 Å². The topological polar surface area (TPSA) is 75.7 Å². The molecule has 3 aromatic carbocycles. The lowest BCUT2D eigenvalue weighted by molar-refractivity contribution is 0.0642. The van der Waals surface area contributed by atoms with Gasteiger partial charge >= 0.3 is 0 Å². The van der Waals surface area contributed by atoms with Gasteiger partial charge in [-0.3, -0.25) is 19.3 Å². The fourth-order valence-electron chi connectivity index (χ4n) is 4.02. The predicted molar refractivity (Wildman–Crippen MR) is 121 cm³/mol. The fraction of sp³-hybridized carbons (Fsp3) is 0.192. The molecule has 0 bridgehead atoms. The van der Waals surface area contributed by atoms with Gasteiger partial charge in [0.2, 0.25) is 0 Å². The van der Waals surface area contributed by atoms with E-state index in [0.29, 0.717) is 28.0 Å². The SMILES string of the molecule is COc1ccc(CN2C(=O)c3ccccc3C2=O)cc1C(=O)NC(C)c1ccccc1C. The van der Waals surface area contributed by atoms with E-state index in [4.69, 9.17) is 4.74 Å². The molecule has 4 rings (SSSR count). The van der Waals surface area contributed by atoms with Crippen LogP contribution >= 0.6 is 0 Å². The smallest absolute Gasteiger partial charge is 0.261 e. The Hall–Kier alpha value is -3.93. The number of fused-ring (bicyclic) bond motifs is 1. The molecule has 32 heavy (non-hydrogen) atoms. The molecule has 1 N–H and O–H groups in total. The van der Waals surface area contributed by atoms with Crippen LogP contribution in [0.4, 0.5) is 0 Å². The van der Waals surface area contributed by atoms with Gasteiger partial charge in [-0.25, -0.2) is 0 Å². The second-order valence-corrected chi connectivity index (χ2v) is 7.83.